The fraction of sp³-hybridized carbons (Fsp3) is 0.929. The molecule has 0 aromatic heterocycles. The summed E-state index contributed by atoms with van der Waals surface area (Å²) in [4.78, 5) is 14.0. The third-order valence-electron chi connectivity index (χ3n) is 4.61. The predicted molar refractivity (Wildman–Crippen MR) is 71.5 cm³/mol. The van der Waals surface area contributed by atoms with Gasteiger partial charge in [0.25, 0.3) is 0 Å². The summed E-state index contributed by atoms with van der Waals surface area (Å²) in [5, 5.41) is 3.47. The number of hydrogen-bond acceptors (Lipinski definition) is 3. The Morgan fingerprint density at radius 2 is 1.83 bits per heavy atom. The molecule has 0 aromatic rings. The Morgan fingerprint density at radius 1 is 1.22 bits per heavy atom. The molecule has 104 valence electrons. The Hall–Kier alpha value is -0.770. The average Bonchev–Trinajstić information content (AvgIpc) is 2.50. The van der Waals surface area contributed by atoms with Crippen LogP contribution >= 0.6 is 0 Å². The van der Waals surface area contributed by atoms with Crippen molar-refractivity contribution in [3.8, 4) is 0 Å². The van der Waals surface area contributed by atoms with E-state index in [1.807, 2.05) is 25.7 Å². The highest BCUT2D eigenvalue weighted by Gasteiger charge is 2.52. The Labute approximate surface area is 110 Å². The zero-order valence-electron chi connectivity index (χ0n) is 12.3. The molecule has 2 fully saturated rings. The number of amides is 1. The first-order valence-corrected chi connectivity index (χ1v) is 6.84. The van der Waals surface area contributed by atoms with Gasteiger partial charge in [-0.25, -0.2) is 4.79 Å². The van der Waals surface area contributed by atoms with E-state index in [0.29, 0.717) is 5.41 Å². The molecule has 2 heterocycles. The lowest BCUT2D eigenvalue weighted by molar-refractivity contribution is -0.0206. The minimum absolute atomic E-state index is 0.169. The van der Waals surface area contributed by atoms with E-state index >= 15 is 0 Å². The molecule has 18 heavy (non-hydrogen) atoms. The maximum absolute atomic E-state index is 12.1. The molecule has 0 bridgehead atoms. The second kappa shape index (κ2) is 4.12. The van der Waals surface area contributed by atoms with Gasteiger partial charge in [-0.15, -0.1) is 0 Å². The zero-order chi connectivity index (χ0) is 13.6. The van der Waals surface area contributed by atoms with Gasteiger partial charge in [-0.2, -0.15) is 0 Å². The van der Waals surface area contributed by atoms with Gasteiger partial charge in [-0.05, 0) is 32.6 Å². The van der Waals surface area contributed by atoms with E-state index in [0.717, 1.165) is 32.6 Å². The number of fused-ring (bicyclic) bond motifs is 1. The fourth-order valence-corrected chi connectivity index (χ4v) is 3.04. The van der Waals surface area contributed by atoms with Crippen molar-refractivity contribution in [2.45, 2.75) is 46.6 Å². The van der Waals surface area contributed by atoms with Gasteiger partial charge in [0.1, 0.15) is 5.60 Å². The molecule has 2 aliphatic heterocycles. The molecule has 0 aliphatic carbocycles. The van der Waals surface area contributed by atoms with Crippen LogP contribution in [-0.4, -0.2) is 42.8 Å². The Kier molecular flexibility index (Phi) is 3.13. The van der Waals surface area contributed by atoms with Gasteiger partial charge in [-0.1, -0.05) is 13.8 Å². The van der Waals surface area contributed by atoms with Gasteiger partial charge < -0.3 is 15.0 Å². The highest BCUT2D eigenvalue weighted by molar-refractivity contribution is 5.68. The number of nitrogens with one attached hydrogen (secondary N) is 1. The van der Waals surface area contributed by atoms with Crippen LogP contribution in [0.4, 0.5) is 4.79 Å². The maximum Gasteiger partial charge on any atom is 0.410 e. The maximum atomic E-state index is 12.1. The third kappa shape index (κ3) is 2.35. The van der Waals surface area contributed by atoms with E-state index in [4.69, 9.17) is 4.74 Å². The molecule has 1 amide bonds. The fourth-order valence-electron chi connectivity index (χ4n) is 3.04. The SMILES string of the molecule is CC(C)(C)OC(=O)N1CC[C@@]2(C)CNC[C@@]2(C)C1. The minimum Gasteiger partial charge on any atom is -0.444 e. The summed E-state index contributed by atoms with van der Waals surface area (Å²) in [5.74, 6) is 0. The van der Waals surface area contributed by atoms with Gasteiger partial charge in [0.05, 0.1) is 0 Å². The molecule has 0 radical (unpaired) electrons. The lowest BCUT2D eigenvalue weighted by Crippen LogP contribution is -2.54. The van der Waals surface area contributed by atoms with Crippen molar-refractivity contribution in [3.63, 3.8) is 0 Å². The van der Waals surface area contributed by atoms with Crippen LogP contribution in [0.15, 0.2) is 0 Å². The predicted octanol–water partition coefficient (Wildman–Crippen LogP) is 2.24. The average molecular weight is 254 g/mol. The van der Waals surface area contributed by atoms with Crippen LogP contribution in [0.3, 0.4) is 0 Å². The first-order chi connectivity index (χ1) is 8.15. The van der Waals surface area contributed by atoms with Crippen molar-refractivity contribution >= 4 is 6.09 Å². The van der Waals surface area contributed by atoms with Crippen LogP contribution in [0, 0.1) is 10.8 Å². The van der Waals surface area contributed by atoms with E-state index in [9.17, 15) is 4.79 Å². The number of carbonyl (C=O) groups is 1. The Bertz CT molecular complexity index is 350. The highest BCUT2D eigenvalue weighted by atomic mass is 16.6. The van der Waals surface area contributed by atoms with Crippen molar-refractivity contribution in [2.75, 3.05) is 26.2 Å². The van der Waals surface area contributed by atoms with Crippen molar-refractivity contribution in [2.24, 2.45) is 10.8 Å². The number of carbonyl (C=O) groups excluding carboxylic acids is 1. The van der Waals surface area contributed by atoms with Gasteiger partial charge in [0.2, 0.25) is 0 Å². The number of ether oxygens (including phenoxy) is 1. The quantitative estimate of drug-likeness (QED) is 0.721. The van der Waals surface area contributed by atoms with Gasteiger partial charge in [0.15, 0.2) is 0 Å². The van der Waals surface area contributed by atoms with Crippen LogP contribution in [0.1, 0.15) is 41.0 Å². The van der Waals surface area contributed by atoms with Crippen LogP contribution < -0.4 is 5.32 Å². The number of rotatable bonds is 0. The monoisotopic (exact) mass is 254 g/mol. The van der Waals surface area contributed by atoms with Gasteiger partial charge in [-0.3, -0.25) is 0 Å². The number of hydrogen-bond donors (Lipinski definition) is 1. The topological polar surface area (TPSA) is 41.6 Å². The van der Waals surface area contributed by atoms with Crippen LogP contribution in [-0.2, 0) is 4.74 Å². The largest absolute Gasteiger partial charge is 0.444 e. The second-order valence-corrected chi connectivity index (χ2v) is 7.38. The number of piperidine rings is 1. The molecule has 0 saturated carbocycles. The summed E-state index contributed by atoms with van der Waals surface area (Å²) in [7, 11) is 0. The van der Waals surface area contributed by atoms with Crippen molar-refractivity contribution < 1.29 is 9.53 Å². The first-order valence-electron chi connectivity index (χ1n) is 6.84. The summed E-state index contributed by atoms with van der Waals surface area (Å²) in [6.45, 7) is 14.0. The summed E-state index contributed by atoms with van der Waals surface area (Å²) in [5.41, 5.74) is 0.0698. The van der Waals surface area contributed by atoms with E-state index in [-0.39, 0.29) is 11.5 Å². The van der Waals surface area contributed by atoms with E-state index in [1.54, 1.807) is 0 Å². The summed E-state index contributed by atoms with van der Waals surface area (Å²) < 4.78 is 5.47. The van der Waals surface area contributed by atoms with Crippen LogP contribution in [0.2, 0.25) is 0 Å². The molecule has 2 aliphatic rings. The van der Waals surface area contributed by atoms with Crippen LogP contribution in [0.5, 0.6) is 0 Å². The van der Waals surface area contributed by atoms with Crippen molar-refractivity contribution in [1.82, 2.24) is 10.2 Å². The first kappa shape index (κ1) is 13.7. The number of nitrogens with zero attached hydrogens (tertiary/aromatic N) is 1. The Balaban J connectivity index is 2.05. The second-order valence-electron chi connectivity index (χ2n) is 7.38. The molecular formula is C14H26N2O2. The molecule has 0 unspecified atom stereocenters. The summed E-state index contributed by atoms with van der Waals surface area (Å²) in [6, 6.07) is 0. The third-order valence-corrected chi connectivity index (χ3v) is 4.61. The van der Waals surface area contributed by atoms with E-state index in [1.165, 1.54) is 0 Å². The minimum atomic E-state index is -0.410. The van der Waals surface area contributed by atoms with Gasteiger partial charge in [0, 0.05) is 31.6 Å². The molecule has 0 aromatic carbocycles. The molecular weight excluding hydrogens is 228 g/mol. The molecule has 2 rings (SSSR count). The van der Waals surface area contributed by atoms with Crippen molar-refractivity contribution in [3.05, 3.63) is 0 Å². The zero-order valence-corrected chi connectivity index (χ0v) is 12.3. The molecule has 2 saturated heterocycles. The highest BCUT2D eigenvalue weighted by Crippen LogP contribution is 2.48. The summed E-state index contributed by atoms with van der Waals surface area (Å²) in [6.07, 6.45) is 0.883. The van der Waals surface area contributed by atoms with E-state index < -0.39 is 5.60 Å². The molecule has 2 atom stereocenters. The van der Waals surface area contributed by atoms with Crippen molar-refractivity contribution in [1.29, 1.82) is 0 Å². The molecule has 4 heteroatoms. The standard InChI is InChI=1S/C14H26N2O2/c1-12(2,3)18-11(17)16-7-6-13(4)8-15-9-14(13,5)10-16/h15H,6-10H2,1-5H3/t13-,14-/m0/s1. The smallest absolute Gasteiger partial charge is 0.410 e. The number of likely N-dealkylation sites (tertiary alicyclic amines) is 1. The normalized spacial score (nSPS) is 36.4. The summed E-state index contributed by atoms with van der Waals surface area (Å²) >= 11 is 0. The molecule has 0 spiro atoms. The van der Waals surface area contributed by atoms with E-state index in [2.05, 4.69) is 19.2 Å². The molecule has 4 nitrogen and oxygen atoms in total. The lowest BCUT2D eigenvalue weighted by atomic mass is 9.64. The van der Waals surface area contributed by atoms with Crippen LogP contribution in [0.25, 0.3) is 0 Å². The lowest BCUT2D eigenvalue weighted by Gasteiger charge is -2.48. The Morgan fingerprint density at radius 3 is 2.44 bits per heavy atom. The van der Waals surface area contributed by atoms with Gasteiger partial charge >= 0.3 is 6.09 Å². The molecule has 1 N–H and O–H groups in total.